The van der Waals surface area contributed by atoms with Crippen LogP contribution in [0.25, 0.3) is 0 Å². The van der Waals surface area contributed by atoms with Crippen LogP contribution in [0.15, 0.2) is 24.3 Å². The van der Waals surface area contributed by atoms with E-state index in [2.05, 4.69) is 4.74 Å². The minimum atomic E-state index is -2.79. The summed E-state index contributed by atoms with van der Waals surface area (Å²) in [5, 5.41) is 9.84. The van der Waals surface area contributed by atoms with Crippen LogP contribution in [0.2, 0.25) is 0 Å². The predicted octanol–water partition coefficient (Wildman–Crippen LogP) is 4.01. The molecule has 0 radical (unpaired) electrons. The first-order chi connectivity index (χ1) is 13.2. The molecule has 1 heterocycles. The third kappa shape index (κ3) is 4.17. The zero-order valence-electron chi connectivity index (χ0n) is 16.4. The molecule has 0 aromatic heterocycles. The maximum Gasteiger partial charge on any atom is 0.387 e. The van der Waals surface area contributed by atoms with Gasteiger partial charge in [0.25, 0.3) is 0 Å². The van der Waals surface area contributed by atoms with Gasteiger partial charge in [-0.2, -0.15) is 8.78 Å². The minimum Gasteiger partial charge on any atom is -0.435 e. The molecule has 3 aliphatic rings. The Labute approximate surface area is 164 Å². The van der Waals surface area contributed by atoms with Gasteiger partial charge in [0.15, 0.2) is 0 Å². The smallest absolute Gasteiger partial charge is 0.387 e. The maximum absolute atomic E-state index is 12.5. The van der Waals surface area contributed by atoms with Crippen molar-refractivity contribution in [2.75, 3.05) is 13.1 Å². The van der Waals surface area contributed by atoms with Crippen LogP contribution in [-0.4, -0.2) is 41.2 Å². The molecule has 3 fully saturated rings. The summed E-state index contributed by atoms with van der Waals surface area (Å²) >= 11 is 0. The van der Waals surface area contributed by atoms with E-state index in [0.717, 1.165) is 50.8 Å². The van der Waals surface area contributed by atoms with Gasteiger partial charge in [0.2, 0.25) is 5.91 Å². The number of amides is 1. The number of benzene rings is 1. The molecule has 6 heteroatoms. The first-order valence-electron chi connectivity index (χ1n) is 10.3. The van der Waals surface area contributed by atoms with Crippen LogP contribution in [0, 0.1) is 17.3 Å². The fraction of sp³-hybridized carbons (Fsp3) is 0.682. The van der Waals surface area contributed by atoms with E-state index in [0.29, 0.717) is 24.2 Å². The second kappa shape index (κ2) is 7.29. The normalized spacial score (nSPS) is 29.5. The molecule has 1 saturated heterocycles. The van der Waals surface area contributed by atoms with Crippen LogP contribution in [0.4, 0.5) is 8.78 Å². The highest BCUT2D eigenvalue weighted by Gasteiger charge is 2.51. The molecular weight excluding hydrogens is 364 g/mol. The summed E-state index contributed by atoms with van der Waals surface area (Å²) in [4.78, 5) is 14.5. The van der Waals surface area contributed by atoms with Gasteiger partial charge in [-0.1, -0.05) is 12.1 Å². The van der Waals surface area contributed by atoms with E-state index in [1.165, 1.54) is 0 Å². The van der Waals surface area contributed by atoms with Gasteiger partial charge in [-0.25, -0.2) is 0 Å². The van der Waals surface area contributed by atoms with Gasteiger partial charge in [0.05, 0.1) is 5.60 Å². The van der Waals surface area contributed by atoms with Crippen LogP contribution in [0.1, 0.15) is 51.0 Å². The minimum absolute atomic E-state index is 0.0145. The first kappa shape index (κ1) is 19.6. The van der Waals surface area contributed by atoms with E-state index >= 15 is 0 Å². The molecule has 4 nitrogen and oxygen atoms in total. The van der Waals surface area contributed by atoms with E-state index in [9.17, 15) is 18.7 Å². The van der Waals surface area contributed by atoms with Crippen molar-refractivity contribution in [1.82, 2.24) is 4.90 Å². The van der Waals surface area contributed by atoms with Gasteiger partial charge in [-0.3, -0.25) is 4.79 Å². The van der Waals surface area contributed by atoms with Crippen molar-refractivity contribution < 1.29 is 23.4 Å². The Balaban J connectivity index is 1.21. The molecule has 154 valence electrons. The van der Waals surface area contributed by atoms with Crippen molar-refractivity contribution >= 4 is 5.91 Å². The van der Waals surface area contributed by atoms with Crippen LogP contribution in [0.5, 0.6) is 5.75 Å². The Kier molecular flexibility index (Phi) is 5.10. The molecule has 0 atom stereocenters. The zero-order chi connectivity index (χ0) is 19.9. The number of carbonyl (C=O) groups is 1. The molecule has 1 aromatic rings. The van der Waals surface area contributed by atoms with E-state index < -0.39 is 12.2 Å². The van der Waals surface area contributed by atoms with Gasteiger partial charge in [0.1, 0.15) is 5.75 Å². The SMILES string of the molecule is CC1(O)CC(C(=O)N2CC3(CCC(Cc4ccc(OC(F)F)cc4)CC3)C2)C1. The molecule has 28 heavy (non-hydrogen) atoms. The number of nitrogens with zero attached hydrogens (tertiary/aromatic N) is 1. The topological polar surface area (TPSA) is 49.8 Å². The Hall–Kier alpha value is -1.69. The highest BCUT2D eigenvalue weighted by atomic mass is 19.3. The van der Waals surface area contributed by atoms with Gasteiger partial charge in [-0.15, -0.1) is 0 Å². The average Bonchev–Trinajstić information content (AvgIpc) is 2.59. The third-order valence-electron chi connectivity index (χ3n) is 6.92. The lowest BCUT2D eigenvalue weighted by molar-refractivity contribution is -0.163. The highest BCUT2D eigenvalue weighted by Crippen LogP contribution is 2.48. The van der Waals surface area contributed by atoms with E-state index in [1.807, 2.05) is 17.0 Å². The van der Waals surface area contributed by atoms with E-state index in [1.54, 1.807) is 19.1 Å². The summed E-state index contributed by atoms with van der Waals surface area (Å²) in [6.07, 6.45) is 6.75. The number of rotatable bonds is 5. The molecule has 1 N–H and O–H groups in total. The molecule has 1 spiro atoms. The third-order valence-corrected chi connectivity index (χ3v) is 6.92. The molecule has 1 amide bonds. The molecule has 4 rings (SSSR count). The quantitative estimate of drug-likeness (QED) is 0.822. The Morgan fingerprint density at radius 2 is 1.82 bits per heavy atom. The number of hydrogen-bond donors (Lipinski definition) is 1. The van der Waals surface area contributed by atoms with Gasteiger partial charge >= 0.3 is 6.61 Å². The Morgan fingerprint density at radius 1 is 1.21 bits per heavy atom. The Morgan fingerprint density at radius 3 is 2.36 bits per heavy atom. The molecule has 2 aliphatic carbocycles. The lowest BCUT2D eigenvalue weighted by Crippen LogP contribution is -2.62. The van der Waals surface area contributed by atoms with Crippen LogP contribution in [0.3, 0.4) is 0 Å². The fourth-order valence-electron chi connectivity index (χ4n) is 5.30. The summed E-state index contributed by atoms with van der Waals surface area (Å²) in [5.41, 5.74) is 0.808. The molecule has 0 bridgehead atoms. The van der Waals surface area contributed by atoms with Crippen LogP contribution >= 0.6 is 0 Å². The number of ether oxygens (including phenoxy) is 1. The van der Waals surface area contributed by atoms with Crippen LogP contribution in [-0.2, 0) is 11.2 Å². The predicted molar refractivity (Wildman–Crippen MR) is 101 cm³/mol. The lowest BCUT2D eigenvalue weighted by Gasteiger charge is -2.55. The number of likely N-dealkylation sites (tertiary alicyclic amines) is 1. The average molecular weight is 393 g/mol. The monoisotopic (exact) mass is 393 g/mol. The van der Waals surface area contributed by atoms with Crippen LogP contribution < -0.4 is 4.74 Å². The van der Waals surface area contributed by atoms with Gasteiger partial charge < -0.3 is 14.7 Å². The zero-order valence-corrected chi connectivity index (χ0v) is 16.4. The standard InChI is InChI=1S/C22H29F2NO3/c1-21(27)11-17(12-21)19(26)25-13-22(14-25)8-6-16(7-9-22)10-15-2-4-18(5-3-15)28-20(23)24/h2-5,16-17,20,27H,6-14H2,1H3. The van der Waals surface area contributed by atoms with Gasteiger partial charge in [-0.05, 0) is 75.5 Å². The summed E-state index contributed by atoms with van der Waals surface area (Å²) in [6.45, 7) is 0.759. The van der Waals surface area contributed by atoms with Gasteiger partial charge in [0, 0.05) is 24.4 Å². The molecular formula is C22H29F2NO3. The Bertz CT molecular complexity index is 695. The number of carbonyl (C=O) groups excluding carboxylic acids is 1. The number of halogens is 2. The fourth-order valence-corrected chi connectivity index (χ4v) is 5.30. The van der Waals surface area contributed by atoms with Crippen molar-refractivity contribution in [3.05, 3.63) is 29.8 Å². The van der Waals surface area contributed by atoms with Crippen molar-refractivity contribution in [2.24, 2.45) is 17.3 Å². The highest BCUT2D eigenvalue weighted by molar-refractivity contribution is 5.81. The molecule has 1 aliphatic heterocycles. The second-order valence-corrected chi connectivity index (χ2v) is 9.47. The van der Waals surface area contributed by atoms with Crippen molar-refractivity contribution in [1.29, 1.82) is 0 Å². The maximum atomic E-state index is 12.5. The number of alkyl halides is 2. The summed E-state index contributed by atoms with van der Waals surface area (Å²) in [7, 11) is 0. The molecule has 2 saturated carbocycles. The van der Waals surface area contributed by atoms with Crippen molar-refractivity contribution in [3.63, 3.8) is 0 Å². The molecule has 1 aromatic carbocycles. The van der Waals surface area contributed by atoms with Crippen molar-refractivity contribution in [2.45, 2.75) is 64.1 Å². The number of aliphatic hydroxyl groups is 1. The van der Waals surface area contributed by atoms with E-state index in [4.69, 9.17) is 0 Å². The molecule has 0 unspecified atom stereocenters. The summed E-state index contributed by atoms with van der Waals surface area (Å²) in [6, 6.07) is 6.97. The largest absolute Gasteiger partial charge is 0.435 e. The second-order valence-electron chi connectivity index (χ2n) is 9.47. The summed E-state index contributed by atoms with van der Waals surface area (Å²) in [5.74, 6) is 1.05. The summed E-state index contributed by atoms with van der Waals surface area (Å²) < 4.78 is 28.9. The first-order valence-corrected chi connectivity index (χ1v) is 10.3. The lowest BCUT2D eigenvalue weighted by atomic mass is 9.64. The van der Waals surface area contributed by atoms with E-state index in [-0.39, 0.29) is 17.6 Å². The number of hydrogen-bond acceptors (Lipinski definition) is 3. The van der Waals surface area contributed by atoms with Crippen molar-refractivity contribution in [3.8, 4) is 5.75 Å².